The van der Waals surface area contributed by atoms with E-state index in [0.717, 1.165) is 35.3 Å². The van der Waals surface area contributed by atoms with Gasteiger partial charge < -0.3 is 14.1 Å². The van der Waals surface area contributed by atoms with Crippen molar-refractivity contribution in [1.82, 2.24) is 14.7 Å². The van der Waals surface area contributed by atoms with Crippen LogP contribution < -0.4 is 5.32 Å². The molecule has 19 heavy (non-hydrogen) atoms. The van der Waals surface area contributed by atoms with E-state index in [9.17, 15) is 0 Å². The molecule has 1 N–H and O–H groups in total. The van der Waals surface area contributed by atoms with Gasteiger partial charge in [-0.25, -0.2) is 4.98 Å². The third kappa shape index (κ3) is 2.88. The van der Waals surface area contributed by atoms with Crippen LogP contribution in [-0.2, 0) is 13.0 Å². The van der Waals surface area contributed by atoms with E-state index in [2.05, 4.69) is 30.6 Å². The van der Waals surface area contributed by atoms with Crippen molar-refractivity contribution in [3.05, 3.63) is 58.8 Å². The van der Waals surface area contributed by atoms with Crippen LogP contribution in [0.25, 0.3) is 5.65 Å². The fourth-order valence-electron chi connectivity index (χ4n) is 2.02. The highest BCUT2D eigenvalue weighted by molar-refractivity contribution is 9.10. The molecule has 3 rings (SSSR count). The maximum atomic E-state index is 5.04. The zero-order valence-corrected chi connectivity index (χ0v) is 11.9. The van der Waals surface area contributed by atoms with E-state index in [1.165, 1.54) is 5.56 Å². The molecule has 0 aliphatic heterocycles. The Morgan fingerprint density at radius 2 is 2.32 bits per heavy atom. The molecule has 5 heteroatoms. The van der Waals surface area contributed by atoms with Crippen LogP contribution in [-0.4, -0.2) is 15.9 Å². The first-order valence-corrected chi connectivity index (χ1v) is 6.95. The summed E-state index contributed by atoms with van der Waals surface area (Å²) in [6, 6.07) is 6.02. The first-order chi connectivity index (χ1) is 9.33. The SMILES string of the molecule is Brc1ccn2c(CNCCc3ccoc3)cnc2c1. The van der Waals surface area contributed by atoms with Crippen molar-refractivity contribution in [2.45, 2.75) is 13.0 Å². The van der Waals surface area contributed by atoms with Gasteiger partial charge in [0.05, 0.1) is 24.4 Å². The van der Waals surface area contributed by atoms with Gasteiger partial charge in [-0.3, -0.25) is 0 Å². The molecule has 4 nitrogen and oxygen atoms in total. The second-order valence-electron chi connectivity index (χ2n) is 4.38. The molecule has 3 heterocycles. The quantitative estimate of drug-likeness (QED) is 0.735. The Bertz CT molecular complexity index is 660. The summed E-state index contributed by atoms with van der Waals surface area (Å²) >= 11 is 3.45. The average Bonchev–Trinajstić information content (AvgIpc) is 3.03. The molecule has 0 aliphatic rings. The Labute approximate surface area is 119 Å². The highest BCUT2D eigenvalue weighted by Gasteiger charge is 2.03. The number of pyridine rings is 1. The van der Waals surface area contributed by atoms with E-state index in [4.69, 9.17) is 4.42 Å². The number of imidazole rings is 1. The Balaban J connectivity index is 1.59. The van der Waals surface area contributed by atoms with Crippen LogP contribution in [0.4, 0.5) is 0 Å². The van der Waals surface area contributed by atoms with Gasteiger partial charge >= 0.3 is 0 Å². The number of hydrogen-bond acceptors (Lipinski definition) is 3. The van der Waals surface area contributed by atoms with Gasteiger partial charge in [-0.15, -0.1) is 0 Å². The Morgan fingerprint density at radius 3 is 3.16 bits per heavy atom. The van der Waals surface area contributed by atoms with Gasteiger partial charge in [0.2, 0.25) is 0 Å². The molecule has 0 unspecified atom stereocenters. The summed E-state index contributed by atoms with van der Waals surface area (Å²) in [5.74, 6) is 0. The minimum absolute atomic E-state index is 0.806. The van der Waals surface area contributed by atoms with Crippen molar-refractivity contribution in [3.8, 4) is 0 Å². The first kappa shape index (κ1) is 12.4. The van der Waals surface area contributed by atoms with Gasteiger partial charge in [-0.2, -0.15) is 0 Å². The molecule has 0 bridgehead atoms. The maximum absolute atomic E-state index is 5.04. The van der Waals surface area contributed by atoms with Crippen molar-refractivity contribution < 1.29 is 4.42 Å². The summed E-state index contributed by atoms with van der Waals surface area (Å²) < 4.78 is 8.18. The molecule has 0 atom stereocenters. The molecule has 0 fully saturated rings. The molecule has 3 aromatic rings. The van der Waals surface area contributed by atoms with Crippen molar-refractivity contribution in [2.75, 3.05) is 6.54 Å². The number of nitrogens with zero attached hydrogens (tertiary/aromatic N) is 2. The Hall–Kier alpha value is -1.59. The van der Waals surface area contributed by atoms with E-state index in [1.807, 2.05) is 30.6 Å². The molecule has 0 radical (unpaired) electrons. The van der Waals surface area contributed by atoms with Gasteiger partial charge in [0.15, 0.2) is 0 Å². The molecule has 0 saturated heterocycles. The molecular formula is C14H14BrN3O. The smallest absolute Gasteiger partial charge is 0.138 e. The second-order valence-corrected chi connectivity index (χ2v) is 5.30. The fraction of sp³-hybridized carbons (Fsp3) is 0.214. The third-order valence-electron chi connectivity index (χ3n) is 3.03. The number of nitrogens with one attached hydrogen (secondary N) is 1. The molecule has 3 aromatic heterocycles. The molecule has 0 spiro atoms. The predicted octanol–water partition coefficient (Wildman–Crippen LogP) is 3.02. The summed E-state index contributed by atoms with van der Waals surface area (Å²) in [5, 5.41) is 3.42. The van der Waals surface area contributed by atoms with E-state index in [-0.39, 0.29) is 0 Å². The van der Waals surface area contributed by atoms with Gasteiger partial charge in [0, 0.05) is 17.2 Å². The standard InChI is InChI=1S/C14H14BrN3O/c15-12-2-5-18-13(9-17-14(18)7-12)8-16-4-1-11-3-6-19-10-11/h2-3,5-7,9-10,16H,1,4,8H2. The van der Waals surface area contributed by atoms with Crippen LogP contribution >= 0.6 is 15.9 Å². The lowest BCUT2D eigenvalue weighted by Crippen LogP contribution is -2.17. The highest BCUT2D eigenvalue weighted by Crippen LogP contribution is 2.13. The summed E-state index contributed by atoms with van der Waals surface area (Å²) in [6.07, 6.45) is 8.40. The third-order valence-corrected chi connectivity index (χ3v) is 3.52. The van der Waals surface area contributed by atoms with Gasteiger partial charge in [0.25, 0.3) is 0 Å². The lowest BCUT2D eigenvalue weighted by atomic mass is 10.2. The van der Waals surface area contributed by atoms with Crippen LogP contribution in [0.5, 0.6) is 0 Å². The van der Waals surface area contributed by atoms with Crippen LogP contribution in [0.3, 0.4) is 0 Å². The van der Waals surface area contributed by atoms with E-state index >= 15 is 0 Å². The fourth-order valence-corrected chi connectivity index (χ4v) is 2.35. The molecule has 0 amide bonds. The summed E-state index contributed by atoms with van der Waals surface area (Å²) in [6.45, 7) is 1.73. The molecule has 0 aromatic carbocycles. The number of hydrogen-bond donors (Lipinski definition) is 1. The molecular weight excluding hydrogens is 306 g/mol. The van der Waals surface area contributed by atoms with Crippen molar-refractivity contribution in [2.24, 2.45) is 0 Å². The minimum atomic E-state index is 0.806. The zero-order chi connectivity index (χ0) is 13.1. The lowest BCUT2D eigenvalue weighted by molar-refractivity contribution is 0.562. The maximum Gasteiger partial charge on any atom is 0.138 e. The second kappa shape index (κ2) is 5.59. The molecule has 0 saturated carbocycles. The lowest BCUT2D eigenvalue weighted by Gasteiger charge is -2.04. The highest BCUT2D eigenvalue weighted by atomic mass is 79.9. The number of aromatic nitrogens is 2. The largest absolute Gasteiger partial charge is 0.472 e. The average molecular weight is 320 g/mol. The Morgan fingerprint density at radius 1 is 1.37 bits per heavy atom. The van der Waals surface area contributed by atoms with Gasteiger partial charge in [-0.05, 0) is 36.7 Å². The van der Waals surface area contributed by atoms with Crippen LogP contribution in [0.2, 0.25) is 0 Å². The minimum Gasteiger partial charge on any atom is -0.472 e. The van der Waals surface area contributed by atoms with E-state index < -0.39 is 0 Å². The molecule has 0 aliphatic carbocycles. The Kier molecular flexibility index (Phi) is 3.66. The van der Waals surface area contributed by atoms with E-state index in [0.29, 0.717) is 0 Å². The van der Waals surface area contributed by atoms with Crippen LogP contribution in [0, 0.1) is 0 Å². The van der Waals surface area contributed by atoms with Gasteiger partial charge in [-0.1, -0.05) is 15.9 Å². The topological polar surface area (TPSA) is 42.5 Å². The number of halogens is 1. The van der Waals surface area contributed by atoms with Crippen LogP contribution in [0.15, 0.2) is 52.0 Å². The van der Waals surface area contributed by atoms with Crippen LogP contribution in [0.1, 0.15) is 11.3 Å². The number of rotatable bonds is 5. The number of furan rings is 1. The normalized spacial score (nSPS) is 11.2. The molecule has 98 valence electrons. The summed E-state index contributed by atoms with van der Waals surface area (Å²) in [5.41, 5.74) is 3.34. The van der Waals surface area contributed by atoms with E-state index in [1.54, 1.807) is 12.5 Å². The van der Waals surface area contributed by atoms with Crippen molar-refractivity contribution in [3.63, 3.8) is 0 Å². The van der Waals surface area contributed by atoms with Gasteiger partial charge in [0.1, 0.15) is 5.65 Å². The van der Waals surface area contributed by atoms with Crippen molar-refractivity contribution in [1.29, 1.82) is 0 Å². The number of fused-ring (bicyclic) bond motifs is 1. The first-order valence-electron chi connectivity index (χ1n) is 6.16. The predicted molar refractivity (Wildman–Crippen MR) is 77.0 cm³/mol. The monoisotopic (exact) mass is 319 g/mol. The zero-order valence-electron chi connectivity index (χ0n) is 10.3. The summed E-state index contributed by atoms with van der Waals surface area (Å²) in [4.78, 5) is 4.39. The summed E-state index contributed by atoms with van der Waals surface area (Å²) in [7, 11) is 0. The van der Waals surface area contributed by atoms with Crippen molar-refractivity contribution >= 4 is 21.6 Å².